The van der Waals surface area contributed by atoms with Gasteiger partial charge in [0.05, 0.1) is 0 Å². The number of hydrogen-bond donors (Lipinski definition) is 0. The first kappa shape index (κ1) is 26.9. The first-order valence-corrected chi connectivity index (χ1v) is 18.9. The molecule has 0 fully saturated rings. The SMILES string of the molecule is C[C@@H](C[Si](c1ccccc1)(c1ccccc1)c1ccccc1)[Si](c1ccccc1)(c1ccccc1)c1ccccc1. The normalized spacial score (nSPS) is 12.5. The Morgan fingerprint density at radius 2 is 0.561 bits per heavy atom. The molecule has 6 aromatic rings. The summed E-state index contributed by atoms with van der Waals surface area (Å²) in [6.45, 7) is 2.55. The Morgan fingerprint density at radius 1 is 0.341 bits per heavy atom. The number of benzene rings is 6. The maximum Gasteiger partial charge on any atom is 0.150 e. The average Bonchev–Trinajstić information content (AvgIpc) is 3.07. The largest absolute Gasteiger partial charge is 0.150 e. The van der Waals surface area contributed by atoms with Gasteiger partial charge in [-0.3, -0.25) is 0 Å². The highest BCUT2D eigenvalue weighted by atomic mass is 28.3. The minimum atomic E-state index is -2.50. The van der Waals surface area contributed by atoms with E-state index in [1.165, 1.54) is 31.1 Å². The summed E-state index contributed by atoms with van der Waals surface area (Å²) < 4.78 is 0. The Morgan fingerprint density at radius 3 is 0.805 bits per heavy atom. The summed E-state index contributed by atoms with van der Waals surface area (Å²) in [5.74, 6) is 0. The van der Waals surface area contributed by atoms with Crippen LogP contribution in [0.1, 0.15) is 6.92 Å². The Labute approximate surface area is 247 Å². The molecule has 0 aliphatic carbocycles. The smallest absolute Gasteiger partial charge is 0.0642 e. The molecule has 6 rings (SSSR count). The number of rotatable bonds is 9. The van der Waals surface area contributed by atoms with Gasteiger partial charge in [-0.2, -0.15) is 0 Å². The maximum absolute atomic E-state index is 2.55. The van der Waals surface area contributed by atoms with Gasteiger partial charge >= 0.3 is 0 Å². The summed E-state index contributed by atoms with van der Waals surface area (Å²) in [5.41, 5.74) is 0.405. The van der Waals surface area contributed by atoms with E-state index < -0.39 is 16.1 Å². The van der Waals surface area contributed by atoms with E-state index in [-0.39, 0.29) is 0 Å². The van der Waals surface area contributed by atoms with Gasteiger partial charge < -0.3 is 0 Å². The standard InChI is InChI=1S/C39H36Si2/c1-33(41(37-26-14-5-15-27-37,38-28-16-6-17-29-38)39-30-18-7-19-31-39)32-40(34-20-8-2-9-21-34,35-22-10-3-11-23-35)36-24-12-4-13-25-36/h2-31,33H,32H2,1H3/t33-/m0/s1. The van der Waals surface area contributed by atoms with Crippen molar-refractivity contribution in [2.45, 2.75) is 18.5 Å². The van der Waals surface area contributed by atoms with Gasteiger partial charge in [-0.25, -0.2) is 0 Å². The topological polar surface area (TPSA) is 0 Å². The van der Waals surface area contributed by atoms with Gasteiger partial charge in [-0.1, -0.05) is 189 Å². The zero-order chi connectivity index (χ0) is 28.0. The van der Waals surface area contributed by atoms with Gasteiger partial charge in [0, 0.05) is 0 Å². The molecule has 0 N–H and O–H groups in total. The Balaban J connectivity index is 1.66. The van der Waals surface area contributed by atoms with Crippen LogP contribution in [0.4, 0.5) is 0 Å². The zero-order valence-corrected chi connectivity index (χ0v) is 25.6. The Hall–Kier alpha value is -4.25. The lowest BCUT2D eigenvalue weighted by atomic mass is 10.3. The van der Waals surface area contributed by atoms with E-state index >= 15 is 0 Å². The highest BCUT2D eigenvalue weighted by molar-refractivity contribution is 7.16. The van der Waals surface area contributed by atoms with E-state index in [9.17, 15) is 0 Å². The molecule has 0 saturated carbocycles. The summed E-state index contributed by atoms with van der Waals surface area (Å²) in [7, 11) is -4.96. The first-order valence-electron chi connectivity index (χ1n) is 14.6. The molecule has 0 aromatic heterocycles. The van der Waals surface area contributed by atoms with Crippen molar-refractivity contribution in [1.29, 1.82) is 0 Å². The van der Waals surface area contributed by atoms with Gasteiger partial charge in [-0.05, 0) is 42.7 Å². The van der Waals surface area contributed by atoms with Crippen molar-refractivity contribution in [3.63, 3.8) is 0 Å². The Bertz CT molecular complexity index is 1440. The van der Waals surface area contributed by atoms with Crippen LogP contribution in [0.5, 0.6) is 0 Å². The molecule has 0 nitrogen and oxygen atoms in total. The monoisotopic (exact) mass is 560 g/mol. The van der Waals surface area contributed by atoms with Crippen LogP contribution in [0.15, 0.2) is 182 Å². The first-order chi connectivity index (χ1) is 20.3. The molecule has 0 unspecified atom stereocenters. The van der Waals surface area contributed by atoms with Crippen molar-refractivity contribution in [2.24, 2.45) is 0 Å². The summed E-state index contributed by atoms with van der Waals surface area (Å²) >= 11 is 0. The molecule has 0 bridgehead atoms. The van der Waals surface area contributed by atoms with Crippen LogP contribution in [0.2, 0.25) is 11.6 Å². The minimum Gasteiger partial charge on any atom is -0.0642 e. The predicted molar refractivity (Wildman–Crippen MR) is 182 cm³/mol. The molecule has 0 saturated heterocycles. The second-order valence-electron chi connectivity index (χ2n) is 11.0. The Kier molecular flexibility index (Phi) is 7.95. The van der Waals surface area contributed by atoms with Crippen molar-refractivity contribution in [2.75, 3.05) is 0 Å². The summed E-state index contributed by atoms with van der Waals surface area (Å²) in [4.78, 5) is 0. The highest BCUT2D eigenvalue weighted by Crippen LogP contribution is 2.31. The van der Waals surface area contributed by atoms with Crippen LogP contribution in [0.25, 0.3) is 0 Å². The quantitative estimate of drug-likeness (QED) is 0.157. The molecule has 0 amide bonds. The highest BCUT2D eigenvalue weighted by Gasteiger charge is 2.49. The molecule has 0 aliphatic rings. The van der Waals surface area contributed by atoms with Crippen molar-refractivity contribution >= 4 is 47.3 Å². The molecule has 0 spiro atoms. The number of hydrogen-bond acceptors (Lipinski definition) is 0. The fourth-order valence-corrected chi connectivity index (χ4v) is 19.0. The van der Waals surface area contributed by atoms with Gasteiger partial charge in [-0.15, -0.1) is 0 Å². The third-order valence-electron chi connectivity index (χ3n) is 8.84. The second kappa shape index (κ2) is 12.1. The van der Waals surface area contributed by atoms with Crippen molar-refractivity contribution in [3.8, 4) is 0 Å². The summed E-state index contributed by atoms with van der Waals surface area (Å²) in [6.07, 6.45) is 0. The van der Waals surface area contributed by atoms with Crippen molar-refractivity contribution < 1.29 is 0 Å². The summed E-state index contributed by atoms with van der Waals surface area (Å²) in [6, 6.07) is 69.4. The van der Waals surface area contributed by atoms with Crippen molar-refractivity contribution in [3.05, 3.63) is 182 Å². The lowest BCUT2D eigenvalue weighted by molar-refractivity contribution is 1.01. The zero-order valence-electron chi connectivity index (χ0n) is 23.6. The van der Waals surface area contributed by atoms with E-state index in [1.807, 2.05) is 0 Å². The second-order valence-corrected chi connectivity index (χ2v) is 19.3. The van der Waals surface area contributed by atoms with Gasteiger partial charge in [0.1, 0.15) is 8.07 Å². The molecule has 2 heteroatoms. The van der Waals surface area contributed by atoms with E-state index in [1.54, 1.807) is 0 Å². The molecular weight excluding hydrogens is 525 g/mol. The third kappa shape index (κ3) is 4.95. The van der Waals surface area contributed by atoms with Crippen LogP contribution < -0.4 is 31.1 Å². The molecule has 0 aliphatic heterocycles. The molecule has 41 heavy (non-hydrogen) atoms. The maximum atomic E-state index is 2.55. The molecular formula is C39H36Si2. The summed E-state index contributed by atoms with van der Waals surface area (Å²) in [5, 5.41) is 8.84. The van der Waals surface area contributed by atoms with Crippen LogP contribution in [0.3, 0.4) is 0 Å². The lowest BCUT2D eigenvalue weighted by Crippen LogP contribution is -2.73. The van der Waals surface area contributed by atoms with Gasteiger partial charge in [0.2, 0.25) is 0 Å². The predicted octanol–water partition coefficient (Wildman–Crippen LogP) is 5.72. The van der Waals surface area contributed by atoms with Crippen molar-refractivity contribution in [1.82, 2.24) is 0 Å². The molecule has 6 aromatic carbocycles. The molecule has 200 valence electrons. The van der Waals surface area contributed by atoms with E-state index in [2.05, 4.69) is 189 Å². The van der Waals surface area contributed by atoms with Crippen LogP contribution in [-0.2, 0) is 0 Å². The molecule has 0 heterocycles. The average molecular weight is 561 g/mol. The van der Waals surface area contributed by atoms with Crippen LogP contribution >= 0.6 is 0 Å². The van der Waals surface area contributed by atoms with E-state index in [0.717, 1.165) is 6.04 Å². The van der Waals surface area contributed by atoms with Crippen LogP contribution in [0, 0.1) is 0 Å². The third-order valence-corrected chi connectivity index (χ3v) is 19.8. The van der Waals surface area contributed by atoms with E-state index in [0.29, 0.717) is 5.54 Å². The fourth-order valence-electron chi connectivity index (χ4n) is 7.09. The lowest BCUT2D eigenvalue weighted by Gasteiger charge is -2.44. The fraction of sp³-hybridized carbons (Fsp3) is 0.0769. The molecule has 0 radical (unpaired) electrons. The minimum absolute atomic E-state index is 0.405. The molecule has 1 atom stereocenters. The van der Waals surface area contributed by atoms with Crippen LogP contribution in [-0.4, -0.2) is 16.1 Å². The van der Waals surface area contributed by atoms with Gasteiger partial charge in [0.25, 0.3) is 0 Å². The van der Waals surface area contributed by atoms with E-state index in [4.69, 9.17) is 0 Å². The van der Waals surface area contributed by atoms with Gasteiger partial charge in [0.15, 0.2) is 8.07 Å².